The summed E-state index contributed by atoms with van der Waals surface area (Å²) in [4.78, 5) is 13.8. The maximum atomic E-state index is 11.7. The Morgan fingerprint density at radius 3 is 2.66 bits per heavy atom. The van der Waals surface area contributed by atoms with Crippen LogP contribution in [0.3, 0.4) is 0 Å². The summed E-state index contributed by atoms with van der Waals surface area (Å²) in [6.07, 6.45) is 17.6. The number of hydrogen-bond acceptors (Lipinski definition) is 6. The largest absolute Gasteiger partial charge is 0.369 e. The van der Waals surface area contributed by atoms with E-state index in [1.807, 2.05) is 6.07 Å². The number of fused-ring (bicyclic) bond motifs is 6. The Balaban J connectivity index is 1.42. The van der Waals surface area contributed by atoms with Gasteiger partial charge < -0.3 is 4.90 Å². The number of hydrogen-bond donors (Lipinski definition) is 0. The van der Waals surface area contributed by atoms with Crippen LogP contribution in [0.5, 0.6) is 0 Å². The third-order valence-electron chi connectivity index (χ3n) is 12.6. The van der Waals surface area contributed by atoms with Crippen LogP contribution in [0.2, 0.25) is 0 Å². The number of nitro groups is 1. The summed E-state index contributed by atoms with van der Waals surface area (Å²) in [6, 6.07) is 3.79. The molecule has 7 heteroatoms. The Kier molecular flexibility index (Phi) is 7.47. The molecule has 223 valence electrons. The lowest BCUT2D eigenvalue weighted by atomic mass is 9.45. The first-order chi connectivity index (χ1) is 19.6. The minimum Gasteiger partial charge on any atom is -0.369 e. The van der Waals surface area contributed by atoms with E-state index in [1.165, 1.54) is 51.4 Å². The van der Waals surface area contributed by atoms with Crippen molar-refractivity contribution in [2.45, 2.75) is 105 Å². The van der Waals surface area contributed by atoms with Gasteiger partial charge in [0, 0.05) is 19.2 Å². The summed E-state index contributed by atoms with van der Waals surface area (Å²) in [6.45, 7) is 12.4. The summed E-state index contributed by atoms with van der Waals surface area (Å²) < 4.78 is 5.10. The predicted octanol–water partition coefficient (Wildman–Crippen LogP) is 8.79. The highest BCUT2D eigenvalue weighted by atomic mass is 16.6. The summed E-state index contributed by atoms with van der Waals surface area (Å²) in [7, 11) is 2.21. The van der Waals surface area contributed by atoms with E-state index in [2.05, 4.69) is 69.4 Å². The number of rotatable bonds is 8. The van der Waals surface area contributed by atoms with Crippen molar-refractivity contribution < 1.29 is 9.55 Å². The fourth-order valence-corrected chi connectivity index (χ4v) is 10.5. The van der Waals surface area contributed by atoms with Gasteiger partial charge in [0.05, 0.1) is 10.6 Å². The van der Waals surface area contributed by atoms with Crippen LogP contribution in [0.15, 0.2) is 28.4 Å². The fourth-order valence-electron chi connectivity index (χ4n) is 10.5. The molecule has 2 aromatic rings. The average Bonchev–Trinajstić information content (AvgIpc) is 3.56. The topological polar surface area (TPSA) is 85.3 Å². The molecule has 0 amide bonds. The van der Waals surface area contributed by atoms with E-state index in [4.69, 9.17) is 4.63 Å². The quantitative estimate of drug-likeness (QED) is 0.182. The van der Waals surface area contributed by atoms with Crippen molar-refractivity contribution >= 4 is 22.4 Å². The van der Waals surface area contributed by atoms with Gasteiger partial charge in [-0.3, -0.25) is 10.1 Å². The fraction of sp³-hybridized carbons (Fsp3) is 0.735. The normalized spacial score (nSPS) is 35.5. The number of allylic oxidation sites excluding steroid dienone is 2. The van der Waals surface area contributed by atoms with Gasteiger partial charge in [0.1, 0.15) is 0 Å². The standard InChI is InChI=1S/C34H49N4O3/c1-21(2)10-9-11-22(3)25-15-16-26-24-14-13-23-12-7-8-19-33(23,4)27(24)20-30(34(25,26)5)37(6)28-17-18-29(38(39)40)32-31(28)35-41-36-32/h7,13,17-18,21-22,24-27,30H,8-12,14-16,19-20H2,1-6H3/t22-,24+,25-,26+,27+,30?,33+,34-/m1/s1. The van der Waals surface area contributed by atoms with Gasteiger partial charge in [-0.15, -0.1) is 0 Å². The van der Waals surface area contributed by atoms with Crippen LogP contribution in [0, 0.1) is 62.9 Å². The van der Waals surface area contributed by atoms with E-state index < -0.39 is 0 Å². The Morgan fingerprint density at radius 2 is 1.90 bits per heavy atom. The molecule has 0 aliphatic heterocycles. The van der Waals surface area contributed by atoms with Crippen LogP contribution in [0.25, 0.3) is 11.0 Å². The molecule has 0 saturated heterocycles. The molecule has 8 atom stereocenters. The maximum absolute atomic E-state index is 11.7. The Labute approximate surface area is 245 Å². The van der Waals surface area contributed by atoms with Crippen LogP contribution >= 0.6 is 0 Å². The minimum absolute atomic E-state index is 0.0447. The van der Waals surface area contributed by atoms with Gasteiger partial charge in [-0.1, -0.05) is 65.5 Å². The van der Waals surface area contributed by atoms with Gasteiger partial charge in [-0.05, 0) is 114 Å². The zero-order chi connectivity index (χ0) is 29.1. The molecular weight excluding hydrogens is 512 g/mol. The third kappa shape index (κ3) is 4.52. The SMILES string of the molecule is CC(C)CCC[C@@H](C)[C@H]1CC[C@H]2[C@@H]3CC=C4C[CH]CC[C@]4(C)[C@H]3CC(N(C)c3ccc([N+](=O)[O-])c4nonc34)[C@]12C. The van der Waals surface area contributed by atoms with E-state index in [0.29, 0.717) is 35.2 Å². The molecule has 4 aliphatic rings. The highest BCUT2D eigenvalue weighted by molar-refractivity contribution is 5.93. The van der Waals surface area contributed by atoms with Crippen molar-refractivity contribution in [3.63, 3.8) is 0 Å². The molecule has 6 rings (SSSR count). The molecule has 3 fully saturated rings. The molecule has 1 aromatic carbocycles. The van der Waals surface area contributed by atoms with E-state index in [-0.39, 0.29) is 27.0 Å². The maximum Gasteiger partial charge on any atom is 0.300 e. The smallest absolute Gasteiger partial charge is 0.300 e. The van der Waals surface area contributed by atoms with Gasteiger partial charge >= 0.3 is 5.69 Å². The molecule has 41 heavy (non-hydrogen) atoms. The second-order valence-corrected chi connectivity index (χ2v) is 14.8. The second kappa shape index (κ2) is 10.7. The summed E-state index contributed by atoms with van der Waals surface area (Å²) in [5.41, 5.74) is 3.70. The van der Waals surface area contributed by atoms with Crippen molar-refractivity contribution in [1.29, 1.82) is 0 Å². The van der Waals surface area contributed by atoms with Crippen LogP contribution < -0.4 is 4.90 Å². The lowest BCUT2D eigenvalue weighted by Gasteiger charge is -2.62. The van der Waals surface area contributed by atoms with Crippen LogP contribution in [-0.2, 0) is 0 Å². The molecular formula is C34H49N4O3. The average molecular weight is 562 g/mol. The molecule has 1 unspecified atom stereocenters. The first-order valence-corrected chi connectivity index (χ1v) is 16.2. The summed E-state index contributed by atoms with van der Waals surface area (Å²) in [5.74, 6) is 4.15. The number of aromatic nitrogens is 2. The zero-order valence-corrected chi connectivity index (χ0v) is 25.9. The van der Waals surface area contributed by atoms with Gasteiger partial charge in [-0.2, -0.15) is 0 Å². The summed E-state index contributed by atoms with van der Waals surface area (Å²) >= 11 is 0. The molecule has 1 heterocycles. The molecule has 1 aromatic heterocycles. The van der Waals surface area contributed by atoms with Gasteiger partial charge in [0.2, 0.25) is 5.52 Å². The Hall–Kier alpha value is -2.44. The second-order valence-electron chi connectivity index (χ2n) is 14.8. The Morgan fingerprint density at radius 1 is 1.12 bits per heavy atom. The lowest BCUT2D eigenvalue weighted by molar-refractivity contribution is -0.383. The van der Waals surface area contributed by atoms with Crippen molar-refractivity contribution in [3.05, 3.63) is 40.3 Å². The summed E-state index contributed by atoms with van der Waals surface area (Å²) in [5, 5.41) is 19.9. The first kappa shape index (κ1) is 28.7. The van der Waals surface area contributed by atoms with Crippen molar-refractivity contribution in [2.24, 2.45) is 46.3 Å². The molecule has 7 nitrogen and oxygen atoms in total. The molecule has 4 aliphatic carbocycles. The minimum atomic E-state index is -0.387. The number of nitrogens with zero attached hydrogens (tertiary/aromatic N) is 4. The van der Waals surface area contributed by atoms with Crippen LogP contribution in [-0.4, -0.2) is 28.3 Å². The van der Waals surface area contributed by atoms with Gasteiger partial charge in [0.25, 0.3) is 0 Å². The van der Waals surface area contributed by atoms with E-state index in [0.717, 1.165) is 30.4 Å². The molecule has 0 bridgehead atoms. The lowest BCUT2D eigenvalue weighted by Crippen LogP contribution is -2.60. The number of non-ortho nitro benzene ring substituents is 1. The zero-order valence-electron chi connectivity index (χ0n) is 25.9. The number of nitro benzene ring substituents is 1. The monoisotopic (exact) mass is 561 g/mol. The molecule has 3 saturated carbocycles. The molecule has 0 N–H and O–H groups in total. The van der Waals surface area contributed by atoms with E-state index in [1.54, 1.807) is 11.6 Å². The van der Waals surface area contributed by atoms with E-state index in [9.17, 15) is 10.1 Å². The highest BCUT2D eigenvalue weighted by Gasteiger charge is 2.63. The molecule has 1 radical (unpaired) electrons. The molecule has 0 spiro atoms. The number of anilines is 1. The predicted molar refractivity (Wildman–Crippen MR) is 163 cm³/mol. The van der Waals surface area contributed by atoms with Crippen LogP contribution in [0.1, 0.15) is 98.8 Å². The van der Waals surface area contributed by atoms with Gasteiger partial charge in [0.15, 0.2) is 5.52 Å². The van der Waals surface area contributed by atoms with Crippen molar-refractivity contribution in [1.82, 2.24) is 10.3 Å². The Bertz CT molecular complexity index is 1320. The highest BCUT2D eigenvalue weighted by Crippen LogP contribution is 2.68. The first-order valence-electron chi connectivity index (χ1n) is 16.2. The van der Waals surface area contributed by atoms with Crippen LogP contribution in [0.4, 0.5) is 11.4 Å². The van der Waals surface area contributed by atoms with E-state index >= 15 is 0 Å². The number of benzene rings is 1. The van der Waals surface area contributed by atoms with Crippen molar-refractivity contribution in [3.8, 4) is 0 Å². The third-order valence-corrected chi connectivity index (χ3v) is 12.6. The van der Waals surface area contributed by atoms with Gasteiger partial charge in [-0.25, -0.2) is 4.63 Å². The van der Waals surface area contributed by atoms with Crippen molar-refractivity contribution in [2.75, 3.05) is 11.9 Å².